The Bertz CT molecular complexity index is 818. The topological polar surface area (TPSA) is 60.9 Å². The van der Waals surface area contributed by atoms with Gasteiger partial charge >= 0.3 is 0 Å². The van der Waals surface area contributed by atoms with E-state index in [2.05, 4.69) is 18.0 Å². The van der Waals surface area contributed by atoms with Crippen molar-refractivity contribution < 1.29 is 14.7 Å². The second-order valence-electron chi connectivity index (χ2n) is 8.19. The highest BCUT2D eigenvalue weighted by Gasteiger charge is 2.63. The molecule has 1 fully saturated rings. The third kappa shape index (κ3) is 2.40. The van der Waals surface area contributed by atoms with Gasteiger partial charge < -0.3 is 14.9 Å². The Morgan fingerprint density at radius 1 is 1.33 bits per heavy atom. The number of anilines is 1. The minimum absolute atomic E-state index is 0.0246. The van der Waals surface area contributed by atoms with Crippen LogP contribution in [0.15, 0.2) is 36.0 Å². The van der Waals surface area contributed by atoms with Crippen LogP contribution in [0.5, 0.6) is 0 Å². The van der Waals surface area contributed by atoms with Crippen LogP contribution >= 0.6 is 0 Å². The number of allylic oxidation sites excluding steroid dienone is 1. The molecule has 4 aliphatic rings. The number of hydrogen-bond acceptors (Lipinski definition) is 4. The van der Waals surface area contributed by atoms with Gasteiger partial charge in [0.25, 0.3) is 0 Å². The summed E-state index contributed by atoms with van der Waals surface area (Å²) in [4.78, 5) is 30.4. The highest BCUT2D eigenvalue weighted by molar-refractivity contribution is 6.04. The maximum absolute atomic E-state index is 13.7. The van der Waals surface area contributed by atoms with Gasteiger partial charge in [0.2, 0.25) is 5.91 Å². The number of para-hydroxylation sites is 1. The molecular weight excluding hydrogens is 340 g/mol. The molecule has 1 spiro atoms. The Hall–Kier alpha value is -2.14. The summed E-state index contributed by atoms with van der Waals surface area (Å²) in [7, 11) is 2.05. The highest BCUT2D eigenvalue weighted by atomic mass is 16.3. The lowest BCUT2D eigenvalue weighted by molar-refractivity contribution is -0.131. The van der Waals surface area contributed by atoms with Gasteiger partial charge in [-0.25, -0.2) is 0 Å². The SMILES string of the molecule is CC/C1=C/N(C)CCC23C(=O)C[C@@H]1[C@@H](CO)[C@@H]2N(C(C)=O)c1ccccc13. The number of hydrogen-bond donors (Lipinski definition) is 1. The summed E-state index contributed by atoms with van der Waals surface area (Å²) >= 11 is 0. The lowest BCUT2D eigenvalue weighted by atomic mass is 9.57. The minimum atomic E-state index is -0.725. The predicted molar refractivity (Wildman–Crippen MR) is 104 cm³/mol. The number of rotatable bonds is 2. The van der Waals surface area contributed by atoms with Crippen LogP contribution in [0, 0.1) is 11.8 Å². The summed E-state index contributed by atoms with van der Waals surface area (Å²) < 4.78 is 0. The standard InChI is InChI=1S/C22H28N2O3/c1-4-15-12-23(3)10-9-22-18-7-5-6-8-19(18)24(14(2)26)21(22)17(13-25)16(15)11-20(22)27/h5-8,12,16-17,21,25H,4,9-11,13H2,1-3H3/b15-12-/t16-,17+,21-,22?/m0/s1. The molecule has 2 bridgehead atoms. The molecule has 1 unspecified atom stereocenters. The zero-order chi connectivity index (χ0) is 19.3. The molecule has 3 aliphatic heterocycles. The number of carbonyl (C=O) groups excluding carboxylic acids is 2. The zero-order valence-electron chi connectivity index (χ0n) is 16.3. The van der Waals surface area contributed by atoms with Gasteiger partial charge in [0.15, 0.2) is 0 Å². The predicted octanol–water partition coefficient (Wildman–Crippen LogP) is 2.49. The average molecular weight is 368 g/mol. The first-order valence-corrected chi connectivity index (χ1v) is 9.90. The van der Waals surface area contributed by atoms with Gasteiger partial charge in [-0.05, 0) is 36.6 Å². The number of nitrogens with zero attached hydrogens (tertiary/aromatic N) is 2. The molecule has 27 heavy (non-hydrogen) atoms. The first-order valence-electron chi connectivity index (χ1n) is 9.90. The summed E-state index contributed by atoms with van der Waals surface area (Å²) in [6.45, 7) is 4.39. The first-order chi connectivity index (χ1) is 13.0. The van der Waals surface area contributed by atoms with E-state index in [4.69, 9.17) is 0 Å². The molecule has 1 saturated carbocycles. The van der Waals surface area contributed by atoms with Crippen molar-refractivity contribution in [3.63, 3.8) is 0 Å². The Balaban J connectivity index is 1.99. The summed E-state index contributed by atoms with van der Waals surface area (Å²) in [5.74, 6) is -0.0112. The third-order valence-electron chi connectivity index (χ3n) is 6.93. The zero-order valence-corrected chi connectivity index (χ0v) is 16.3. The van der Waals surface area contributed by atoms with Crippen LogP contribution in [0.25, 0.3) is 0 Å². The number of ketones is 1. The van der Waals surface area contributed by atoms with Gasteiger partial charge in [-0.15, -0.1) is 0 Å². The summed E-state index contributed by atoms with van der Waals surface area (Å²) in [6, 6.07) is 7.51. The van der Waals surface area contributed by atoms with Crippen molar-refractivity contribution in [3.8, 4) is 0 Å². The van der Waals surface area contributed by atoms with Gasteiger partial charge in [-0.2, -0.15) is 0 Å². The molecule has 1 aliphatic carbocycles. The van der Waals surface area contributed by atoms with Crippen molar-refractivity contribution in [2.24, 2.45) is 11.8 Å². The van der Waals surface area contributed by atoms with Crippen molar-refractivity contribution >= 4 is 17.4 Å². The summed E-state index contributed by atoms with van der Waals surface area (Å²) in [5.41, 5.74) is 2.27. The van der Waals surface area contributed by atoms with Gasteiger partial charge in [0, 0.05) is 45.1 Å². The van der Waals surface area contributed by atoms with Crippen LogP contribution in [-0.2, 0) is 15.0 Å². The summed E-state index contributed by atoms with van der Waals surface area (Å²) in [5, 5.41) is 10.4. The van der Waals surface area contributed by atoms with Crippen molar-refractivity contribution in [2.45, 2.75) is 44.6 Å². The summed E-state index contributed by atoms with van der Waals surface area (Å²) in [6.07, 6.45) is 4.09. The van der Waals surface area contributed by atoms with Crippen LogP contribution in [0.2, 0.25) is 0 Å². The number of benzene rings is 1. The van der Waals surface area contributed by atoms with E-state index in [0.717, 1.165) is 24.2 Å². The fraction of sp³-hybridized carbons (Fsp3) is 0.545. The molecule has 0 saturated heterocycles. The molecule has 3 heterocycles. The van der Waals surface area contributed by atoms with E-state index in [1.165, 1.54) is 5.57 Å². The number of fused-ring (bicyclic) bond motifs is 5. The smallest absolute Gasteiger partial charge is 0.224 e. The molecule has 5 nitrogen and oxygen atoms in total. The maximum Gasteiger partial charge on any atom is 0.224 e. The molecule has 0 aromatic heterocycles. The first kappa shape index (κ1) is 18.2. The van der Waals surface area contributed by atoms with Gasteiger partial charge in [-0.3, -0.25) is 9.59 Å². The maximum atomic E-state index is 13.7. The van der Waals surface area contributed by atoms with Crippen LogP contribution in [0.3, 0.4) is 0 Å². The van der Waals surface area contributed by atoms with Crippen molar-refractivity contribution in [1.29, 1.82) is 0 Å². The molecule has 1 N–H and O–H groups in total. The second-order valence-corrected chi connectivity index (χ2v) is 8.19. The van der Waals surface area contributed by atoms with Crippen molar-refractivity contribution in [3.05, 3.63) is 41.6 Å². The van der Waals surface area contributed by atoms with Gasteiger partial charge in [0.05, 0.1) is 11.5 Å². The number of Topliss-reactive ketones (excluding diaryl/α,β-unsaturated/α-hetero) is 1. The minimum Gasteiger partial charge on any atom is -0.396 e. The van der Waals surface area contributed by atoms with E-state index in [1.807, 2.05) is 31.3 Å². The van der Waals surface area contributed by atoms with Gasteiger partial charge in [0.1, 0.15) is 5.78 Å². The molecule has 4 atom stereocenters. The van der Waals surface area contributed by atoms with E-state index in [0.29, 0.717) is 12.8 Å². The fourth-order valence-electron chi connectivity index (χ4n) is 5.79. The van der Waals surface area contributed by atoms with Crippen LogP contribution in [-0.4, -0.2) is 47.9 Å². The van der Waals surface area contributed by atoms with E-state index >= 15 is 0 Å². The van der Waals surface area contributed by atoms with Crippen LogP contribution < -0.4 is 4.90 Å². The van der Waals surface area contributed by atoms with Crippen molar-refractivity contribution in [2.75, 3.05) is 25.1 Å². The fourth-order valence-corrected chi connectivity index (χ4v) is 5.79. The molecule has 5 rings (SSSR count). The van der Waals surface area contributed by atoms with E-state index < -0.39 is 5.41 Å². The van der Waals surface area contributed by atoms with Crippen LogP contribution in [0.4, 0.5) is 5.69 Å². The molecule has 144 valence electrons. The van der Waals surface area contributed by atoms with Crippen molar-refractivity contribution in [1.82, 2.24) is 4.90 Å². The quantitative estimate of drug-likeness (QED) is 0.871. The second kappa shape index (κ2) is 6.48. The Morgan fingerprint density at radius 3 is 2.74 bits per heavy atom. The Morgan fingerprint density at radius 2 is 2.07 bits per heavy atom. The number of aliphatic hydroxyl groups is 1. The van der Waals surface area contributed by atoms with Crippen LogP contribution in [0.1, 0.15) is 38.7 Å². The lowest BCUT2D eigenvalue weighted by Crippen LogP contribution is -2.61. The monoisotopic (exact) mass is 368 g/mol. The molecular formula is C22H28N2O3. The van der Waals surface area contributed by atoms with Gasteiger partial charge in [-0.1, -0.05) is 30.7 Å². The average Bonchev–Trinajstić information content (AvgIpc) is 2.99. The molecule has 1 aromatic carbocycles. The van der Waals surface area contributed by atoms with E-state index in [9.17, 15) is 14.7 Å². The molecule has 1 amide bonds. The van der Waals surface area contributed by atoms with E-state index in [-0.39, 0.29) is 36.2 Å². The molecule has 0 radical (unpaired) electrons. The Labute approximate surface area is 160 Å². The third-order valence-corrected chi connectivity index (χ3v) is 6.93. The number of aliphatic hydroxyl groups excluding tert-OH is 1. The Kier molecular flexibility index (Phi) is 4.38. The lowest BCUT2D eigenvalue weighted by Gasteiger charge is -2.48. The largest absolute Gasteiger partial charge is 0.396 e. The highest BCUT2D eigenvalue weighted by Crippen LogP contribution is 2.57. The number of amides is 1. The molecule has 5 heteroatoms. The van der Waals surface area contributed by atoms with E-state index in [1.54, 1.807) is 11.8 Å². The number of carbonyl (C=O) groups is 2. The normalized spacial score (nSPS) is 34.3. The molecule has 1 aromatic rings.